The molecule has 48 heavy (non-hydrogen) atoms. The van der Waals surface area contributed by atoms with Gasteiger partial charge in [-0.2, -0.15) is 9.49 Å². The van der Waals surface area contributed by atoms with Crippen molar-refractivity contribution < 1.29 is 19.0 Å². The number of fused-ring (bicyclic) bond motifs is 1. The van der Waals surface area contributed by atoms with E-state index in [2.05, 4.69) is 37.3 Å². The molecule has 2 N–H and O–H groups in total. The number of aromatic nitrogens is 4. The van der Waals surface area contributed by atoms with Crippen molar-refractivity contribution in [2.75, 3.05) is 76.7 Å². The number of nitrogens with one attached hydrogen (secondary N) is 1. The van der Waals surface area contributed by atoms with Crippen molar-refractivity contribution in [3.05, 3.63) is 66.2 Å². The first-order valence-electron chi connectivity index (χ1n) is 16.9. The predicted octanol–water partition coefficient (Wildman–Crippen LogP) is 3.37. The summed E-state index contributed by atoms with van der Waals surface area (Å²) in [4.78, 5) is 30.3. The van der Waals surface area contributed by atoms with E-state index < -0.39 is 11.9 Å². The zero-order chi connectivity index (χ0) is 33.6. The number of likely N-dealkylation sites (N-methyl/N-ethyl adjacent to an activating group) is 1. The van der Waals surface area contributed by atoms with Gasteiger partial charge < -0.3 is 29.9 Å². The van der Waals surface area contributed by atoms with Crippen molar-refractivity contribution in [3.8, 4) is 17.1 Å². The molecule has 4 aromatic rings. The van der Waals surface area contributed by atoms with Crippen molar-refractivity contribution in [2.24, 2.45) is 0 Å². The SMILES string of the molecule is CC[C@@H](O)C(=O)N1CCC[C@@H](Nc2nc(-c3cnn4ccccc34)nc(N3CCN(Cc4ccc(OCCN(C)C)cc4)CC3)c2F)C1. The Morgan fingerprint density at radius 1 is 1.10 bits per heavy atom. The molecule has 3 aromatic heterocycles. The van der Waals surface area contributed by atoms with Gasteiger partial charge in [-0.25, -0.2) is 14.5 Å². The van der Waals surface area contributed by atoms with E-state index in [4.69, 9.17) is 9.72 Å². The van der Waals surface area contributed by atoms with Gasteiger partial charge in [0.2, 0.25) is 5.82 Å². The maximum atomic E-state index is 16.4. The number of carbonyl (C=O) groups excluding carboxylic acids is 1. The number of piperazine rings is 1. The van der Waals surface area contributed by atoms with Crippen LogP contribution < -0.4 is 15.0 Å². The molecule has 5 heterocycles. The maximum absolute atomic E-state index is 16.4. The van der Waals surface area contributed by atoms with E-state index in [0.717, 1.165) is 50.3 Å². The highest BCUT2D eigenvalue weighted by atomic mass is 19.1. The van der Waals surface area contributed by atoms with E-state index in [1.54, 1.807) is 22.5 Å². The molecule has 0 bridgehead atoms. The summed E-state index contributed by atoms with van der Waals surface area (Å²) in [5.74, 6) is 0.808. The first-order chi connectivity index (χ1) is 23.3. The van der Waals surface area contributed by atoms with Gasteiger partial charge >= 0.3 is 0 Å². The van der Waals surface area contributed by atoms with Crippen molar-refractivity contribution in [2.45, 2.75) is 44.9 Å². The number of aliphatic hydroxyl groups is 1. The monoisotopic (exact) mass is 659 g/mol. The van der Waals surface area contributed by atoms with Crippen LogP contribution >= 0.6 is 0 Å². The fourth-order valence-electron chi connectivity index (χ4n) is 6.25. The van der Waals surface area contributed by atoms with Crippen LogP contribution in [-0.4, -0.2) is 124 Å². The van der Waals surface area contributed by atoms with Gasteiger partial charge in [-0.05, 0) is 63.2 Å². The number of anilines is 2. The van der Waals surface area contributed by atoms with Crippen molar-refractivity contribution >= 4 is 23.1 Å². The molecule has 0 aliphatic carbocycles. The summed E-state index contributed by atoms with van der Waals surface area (Å²) in [6.07, 6.45) is 4.38. The second-order valence-corrected chi connectivity index (χ2v) is 12.9. The molecule has 256 valence electrons. The highest BCUT2D eigenvalue weighted by Gasteiger charge is 2.30. The lowest BCUT2D eigenvalue weighted by Gasteiger charge is -2.36. The normalized spacial score (nSPS) is 18.0. The number of nitrogens with zero attached hydrogens (tertiary/aromatic N) is 8. The molecular formula is C35H46FN9O3. The van der Waals surface area contributed by atoms with Gasteiger partial charge in [-0.15, -0.1) is 0 Å². The zero-order valence-electron chi connectivity index (χ0n) is 28.1. The number of hydrogen-bond acceptors (Lipinski definition) is 10. The topological polar surface area (TPSA) is 115 Å². The van der Waals surface area contributed by atoms with Crippen molar-refractivity contribution in [1.29, 1.82) is 0 Å². The molecule has 0 radical (unpaired) electrons. The van der Waals surface area contributed by atoms with Gasteiger partial charge in [-0.1, -0.05) is 25.1 Å². The number of hydrogen-bond donors (Lipinski definition) is 2. The van der Waals surface area contributed by atoms with Gasteiger partial charge in [0.25, 0.3) is 5.91 Å². The molecule has 2 aliphatic rings. The highest BCUT2D eigenvalue weighted by molar-refractivity contribution is 5.81. The number of ether oxygens (including phenoxy) is 1. The molecular weight excluding hydrogens is 613 g/mol. The quantitative estimate of drug-likeness (QED) is 0.235. The lowest BCUT2D eigenvalue weighted by atomic mass is 10.0. The molecule has 2 saturated heterocycles. The minimum absolute atomic E-state index is 0.107. The lowest BCUT2D eigenvalue weighted by molar-refractivity contribution is -0.141. The molecule has 2 atom stereocenters. The summed E-state index contributed by atoms with van der Waals surface area (Å²) in [5.41, 5.74) is 2.73. The Kier molecular flexibility index (Phi) is 10.7. The fraction of sp³-hybridized carbons (Fsp3) is 0.486. The molecule has 1 amide bonds. The second-order valence-electron chi connectivity index (χ2n) is 12.9. The smallest absolute Gasteiger partial charge is 0.251 e. The average Bonchev–Trinajstić information content (AvgIpc) is 3.54. The fourth-order valence-corrected chi connectivity index (χ4v) is 6.25. The number of rotatable bonds is 12. The Morgan fingerprint density at radius 2 is 1.90 bits per heavy atom. The second kappa shape index (κ2) is 15.3. The third kappa shape index (κ3) is 7.86. The number of aliphatic hydroxyl groups excluding tert-OH is 1. The zero-order valence-corrected chi connectivity index (χ0v) is 28.1. The highest BCUT2D eigenvalue weighted by Crippen LogP contribution is 2.31. The summed E-state index contributed by atoms with van der Waals surface area (Å²) >= 11 is 0. The van der Waals surface area contributed by atoms with E-state index in [1.165, 1.54) is 5.56 Å². The summed E-state index contributed by atoms with van der Waals surface area (Å²) in [5, 5.41) is 17.9. The van der Waals surface area contributed by atoms with Crippen LogP contribution in [0.25, 0.3) is 16.9 Å². The van der Waals surface area contributed by atoms with Gasteiger partial charge in [0.15, 0.2) is 17.5 Å². The standard InChI is InChI=1S/C35H46FN9O3/c1-4-30(46)35(47)44-14-7-8-26(24-44)38-33-31(36)34(40-32(39-33)28-22-37-45-15-6-5-9-29(28)45)43-18-16-42(17-19-43)23-25-10-12-27(13-11-25)48-21-20-41(2)3/h5-6,9-13,15,22,26,30,46H,4,7-8,14,16-21,23-24H2,1-3H3,(H,38,39,40)/t26-,30-/m1/s1. The van der Waals surface area contributed by atoms with Crippen LogP contribution in [0.1, 0.15) is 31.7 Å². The van der Waals surface area contributed by atoms with Gasteiger partial charge in [0.05, 0.1) is 17.3 Å². The number of carbonyl (C=O) groups is 1. The molecule has 0 unspecified atom stereocenters. The Morgan fingerprint density at radius 3 is 2.65 bits per heavy atom. The lowest BCUT2D eigenvalue weighted by Crippen LogP contribution is -2.49. The number of amides is 1. The summed E-state index contributed by atoms with van der Waals surface area (Å²) < 4.78 is 24.0. The third-order valence-corrected chi connectivity index (χ3v) is 9.06. The van der Waals surface area contributed by atoms with Gasteiger partial charge in [0, 0.05) is 64.6 Å². The number of likely N-dealkylation sites (tertiary alicyclic amines) is 1. The Bertz CT molecular complexity index is 1670. The molecule has 1 aromatic carbocycles. The summed E-state index contributed by atoms with van der Waals surface area (Å²) in [6, 6.07) is 13.8. The summed E-state index contributed by atoms with van der Waals surface area (Å²) in [7, 11) is 4.05. The average molecular weight is 660 g/mol. The van der Waals surface area contributed by atoms with Crippen LogP contribution in [0.2, 0.25) is 0 Å². The minimum Gasteiger partial charge on any atom is -0.492 e. The molecule has 0 spiro atoms. The van der Waals surface area contributed by atoms with E-state index in [0.29, 0.717) is 50.6 Å². The molecule has 13 heteroatoms. The van der Waals surface area contributed by atoms with Crippen LogP contribution in [-0.2, 0) is 11.3 Å². The van der Waals surface area contributed by atoms with Crippen LogP contribution in [0.5, 0.6) is 5.75 Å². The van der Waals surface area contributed by atoms with E-state index in [1.807, 2.05) is 55.5 Å². The predicted molar refractivity (Wildman–Crippen MR) is 184 cm³/mol. The maximum Gasteiger partial charge on any atom is 0.251 e. The number of halogens is 1. The van der Waals surface area contributed by atoms with Gasteiger partial charge in [0.1, 0.15) is 18.5 Å². The van der Waals surface area contributed by atoms with Crippen LogP contribution in [0, 0.1) is 5.82 Å². The third-order valence-electron chi connectivity index (χ3n) is 9.06. The van der Waals surface area contributed by atoms with Crippen LogP contribution in [0.4, 0.5) is 16.0 Å². The Balaban J connectivity index is 1.18. The Hall–Kier alpha value is -4.33. The van der Waals surface area contributed by atoms with Crippen molar-refractivity contribution in [3.63, 3.8) is 0 Å². The largest absolute Gasteiger partial charge is 0.492 e. The Labute approximate surface area is 281 Å². The van der Waals surface area contributed by atoms with Crippen LogP contribution in [0.15, 0.2) is 54.9 Å². The van der Waals surface area contributed by atoms with E-state index in [9.17, 15) is 9.90 Å². The number of benzene rings is 1. The summed E-state index contributed by atoms with van der Waals surface area (Å²) in [6.45, 7) is 7.72. The van der Waals surface area contributed by atoms with Crippen LogP contribution in [0.3, 0.4) is 0 Å². The number of piperidine rings is 1. The van der Waals surface area contributed by atoms with Gasteiger partial charge in [-0.3, -0.25) is 9.69 Å². The minimum atomic E-state index is -1.03. The first kappa shape index (κ1) is 33.6. The van der Waals surface area contributed by atoms with Crippen molar-refractivity contribution in [1.82, 2.24) is 34.3 Å². The first-order valence-corrected chi connectivity index (χ1v) is 16.9. The van der Waals surface area contributed by atoms with E-state index >= 15 is 4.39 Å². The molecule has 0 saturated carbocycles. The molecule has 6 rings (SSSR count). The molecule has 12 nitrogen and oxygen atoms in total. The van der Waals surface area contributed by atoms with E-state index in [-0.39, 0.29) is 23.6 Å². The molecule has 2 aliphatic heterocycles. The molecule has 2 fully saturated rings. The number of pyridine rings is 1.